The van der Waals surface area contributed by atoms with E-state index in [1.807, 2.05) is 23.5 Å². The lowest BCUT2D eigenvalue weighted by Gasteiger charge is -2.41. The van der Waals surface area contributed by atoms with Crippen LogP contribution in [-0.2, 0) is 13.0 Å². The first-order valence-electron chi connectivity index (χ1n) is 8.24. The number of nitriles is 1. The van der Waals surface area contributed by atoms with Gasteiger partial charge in [0.1, 0.15) is 6.07 Å². The van der Waals surface area contributed by atoms with Crippen molar-refractivity contribution in [2.45, 2.75) is 31.8 Å². The minimum Gasteiger partial charge on any atom is -0.369 e. The largest absolute Gasteiger partial charge is 0.369 e. The van der Waals surface area contributed by atoms with Gasteiger partial charge >= 0.3 is 0 Å². The van der Waals surface area contributed by atoms with Crippen molar-refractivity contribution in [3.8, 4) is 6.07 Å². The predicted molar refractivity (Wildman–Crippen MR) is 92.6 cm³/mol. The van der Waals surface area contributed by atoms with Crippen LogP contribution in [0, 0.1) is 11.3 Å². The van der Waals surface area contributed by atoms with Crippen LogP contribution in [0.2, 0.25) is 0 Å². The van der Waals surface area contributed by atoms with E-state index >= 15 is 0 Å². The summed E-state index contributed by atoms with van der Waals surface area (Å²) in [6, 6.07) is 9.11. The molecule has 0 aromatic carbocycles. The van der Waals surface area contributed by atoms with Gasteiger partial charge < -0.3 is 4.90 Å². The second-order valence-electron chi connectivity index (χ2n) is 6.29. The molecular formula is C18H20N4S. The fraction of sp³-hybridized carbons (Fsp3) is 0.444. The minimum absolute atomic E-state index is 0.548. The van der Waals surface area contributed by atoms with Crippen molar-refractivity contribution in [2.75, 3.05) is 24.5 Å². The fourth-order valence-electron chi connectivity index (χ4n) is 3.79. The Morgan fingerprint density at radius 1 is 1.22 bits per heavy atom. The molecule has 4 heterocycles. The number of anilines is 1. The van der Waals surface area contributed by atoms with Gasteiger partial charge in [-0.25, -0.2) is 4.98 Å². The summed E-state index contributed by atoms with van der Waals surface area (Å²) in [7, 11) is 0. The van der Waals surface area contributed by atoms with Gasteiger partial charge in [-0.1, -0.05) is 0 Å². The molecule has 0 radical (unpaired) electrons. The Hall–Kier alpha value is -1.90. The first-order chi connectivity index (χ1) is 11.3. The Labute approximate surface area is 141 Å². The van der Waals surface area contributed by atoms with E-state index in [1.54, 1.807) is 11.1 Å². The number of hydrogen-bond acceptors (Lipinski definition) is 5. The Morgan fingerprint density at radius 3 is 2.91 bits per heavy atom. The van der Waals surface area contributed by atoms with Crippen molar-refractivity contribution in [3.05, 3.63) is 45.9 Å². The maximum Gasteiger partial charge on any atom is 0.163 e. The molecule has 0 amide bonds. The Balaban J connectivity index is 1.41. The van der Waals surface area contributed by atoms with Crippen LogP contribution in [-0.4, -0.2) is 35.6 Å². The second-order valence-corrected chi connectivity index (χ2v) is 7.29. The third-order valence-electron chi connectivity index (χ3n) is 5.05. The quantitative estimate of drug-likeness (QED) is 0.851. The van der Waals surface area contributed by atoms with Crippen LogP contribution >= 0.6 is 11.3 Å². The topological polar surface area (TPSA) is 43.2 Å². The van der Waals surface area contributed by atoms with Crippen LogP contribution in [0.1, 0.15) is 29.0 Å². The van der Waals surface area contributed by atoms with Gasteiger partial charge in [0.05, 0.1) is 5.69 Å². The van der Waals surface area contributed by atoms with Gasteiger partial charge in [-0.05, 0) is 48.4 Å². The number of aromatic nitrogens is 1. The molecule has 4 rings (SSSR count). The molecule has 0 atom stereocenters. The average Bonchev–Trinajstić information content (AvgIpc) is 3.09. The van der Waals surface area contributed by atoms with Gasteiger partial charge in [-0.15, -0.1) is 11.3 Å². The summed E-state index contributed by atoms with van der Waals surface area (Å²) in [5.74, 6) is 0. The van der Waals surface area contributed by atoms with Gasteiger partial charge in [0.2, 0.25) is 0 Å². The zero-order valence-corrected chi connectivity index (χ0v) is 13.9. The smallest absolute Gasteiger partial charge is 0.163 e. The number of hydrogen-bond donors (Lipinski definition) is 0. The molecule has 0 spiro atoms. The molecule has 0 saturated carbocycles. The van der Waals surface area contributed by atoms with E-state index in [2.05, 4.69) is 32.3 Å². The molecule has 0 unspecified atom stereocenters. The Morgan fingerprint density at radius 2 is 2.09 bits per heavy atom. The van der Waals surface area contributed by atoms with E-state index in [4.69, 9.17) is 0 Å². The molecule has 1 fully saturated rings. The maximum atomic E-state index is 9.23. The van der Waals surface area contributed by atoms with Crippen LogP contribution in [0.25, 0.3) is 0 Å². The first kappa shape index (κ1) is 14.7. The SMILES string of the molecule is N#Cc1ncccc1N1CCC(N2CCc3sccc3C2)CC1. The van der Waals surface area contributed by atoms with E-state index in [0.717, 1.165) is 25.3 Å². The van der Waals surface area contributed by atoms with Crippen LogP contribution in [0.15, 0.2) is 29.8 Å². The summed E-state index contributed by atoms with van der Waals surface area (Å²) in [6.45, 7) is 4.32. The van der Waals surface area contributed by atoms with E-state index in [9.17, 15) is 5.26 Å². The molecule has 4 nitrogen and oxygen atoms in total. The lowest BCUT2D eigenvalue weighted by molar-refractivity contribution is 0.154. The fourth-order valence-corrected chi connectivity index (χ4v) is 4.68. The number of nitrogens with zero attached hydrogens (tertiary/aromatic N) is 4. The van der Waals surface area contributed by atoms with E-state index < -0.39 is 0 Å². The van der Waals surface area contributed by atoms with Crippen molar-refractivity contribution in [2.24, 2.45) is 0 Å². The molecule has 118 valence electrons. The summed E-state index contributed by atoms with van der Waals surface area (Å²) in [5, 5.41) is 11.5. The number of rotatable bonds is 2. The van der Waals surface area contributed by atoms with Crippen LogP contribution < -0.4 is 4.90 Å². The highest BCUT2D eigenvalue weighted by Gasteiger charge is 2.28. The molecule has 23 heavy (non-hydrogen) atoms. The number of piperidine rings is 1. The van der Waals surface area contributed by atoms with E-state index in [-0.39, 0.29) is 0 Å². The first-order valence-corrected chi connectivity index (χ1v) is 9.12. The molecule has 1 saturated heterocycles. The van der Waals surface area contributed by atoms with Gasteiger partial charge in [0.25, 0.3) is 0 Å². The highest BCUT2D eigenvalue weighted by Crippen LogP contribution is 2.29. The highest BCUT2D eigenvalue weighted by molar-refractivity contribution is 7.10. The highest BCUT2D eigenvalue weighted by atomic mass is 32.1. The Bertz CT molecular complexity index is 725. The van der Waals surface area contributed by atoms with E-state index in [0.29, 0.717) is 11.7 Å². The normalized spacial score (nSPS) is 19.3. The van der Waals surface area contributed by atoms with Gasteiger partial charge in [0.15, 0.2) is 5.69 Å². The van der Waals surface area contributed by atoms with Crippen molar-refractivity contribution in [1.82, 2.24) is 9.88 Å². The zero-order chi connectivity index (χ0) is 15.6. The van der Waals surface area contributed by atoms with Gasteiger partial charge in [-0.3, -0.25) is 4.90 Å². The lowest BCUT2D eigenvalue weighted by atomic mass is 9.99. The summed E-state index contributed by atoms with van der Waals surface area (Å²) in [6.07, 6.45) is 5.23. The summed E-state index contributed by atoms with van der Waals surface area (Å²) in [4.78, 5) is 10.7. The van der Waals surface area contributed by atoms with Crippen molar-refractivity contribution >= 4 is 17.0 Å². The molecule has 0 bridgehead atoms. The Kier molecular flexibility index (Phi) is 4.02. The van der Waals surface area contributed by atoms with Crippen LogP contribution in [0.5, 0.6) is 0 Å². The van der Waals surface area contributed by atoms with Crippen molar-refractivity contribution < 1.29 is 0 Å². The monoisotopic (exact) mass is 324 g/mol. The lowest BCUT2D eigenvalue weighted by Crippen LogP contribution is -2.46. The predicted octanol–water partition coefficient (Wildman–Crippen LogP) is 3.04. The molecular weight excluding hydrogens is 304 g/mol. The molecule has 0 aliphatic carbocycles. The van der Waals surface area contributed by atoms with Crippen LogP contribution in [0.3, 0.4) is 0 Å². The zero-order valence-electron chi connectivity index (χ0n) is 13.1. The average molecular weight is 324 g/mol. The third kappa shape index (κ3) is 2.85. The molecule has 2 aliphatic rings. The molecule has 2 aromatic rings. The van der Waals surface area contributed by atoms with Gasteiger partial charge in [-0.2, -0.15) is 5.26 Å². The minimum atomic E-state index is 0.548. The molecule has 5 heteroatoms. The van der Waals surface area contributed by atoms with Gasteiger partial charge in [0, 0.05) is 43.3 Å². The number of pyridine rings is 1. The maximum absolute atomic E-state index is 9.23. The van der Waals surface area contributed by atoms with Crippen molar-refractivity contribution in [3.63, 3.8) is 0 Å². The number of thiophene rings is 1. The second kappa shape index (κ2) is 6.31. The molecule has 2 aromatic heterocycles. The summed E-state index contributed by atoms with van der Waals surface area (Å²) >= 11 is 1.90. The van der Waals surface area contributed by atoms with Crippen molar-refractivity contribution in [1.29, 1.82) is 5.26 Å². The molecule has 2 aliphatic heterocycles. The van der Waals surface area contributed by atoms with Crippen LogP contribution in [0.4, 0.5) is 5.69 Å². The molecule has 0 N–H and O–H groups in total. The summed E-state index contributed by atoms with van der Waals surface area (Å²) < 4.78 is 0. The standard InChI is InChI=1S/C18H20N4S/c19-12-16-17(2-1-7-20-16)21-8-3-15(4-9-21)22-10-5-18-14(13-22)6-11-23-18/h1-2,6-7,11,15H,3-5,8-10,13H2. The summed E-state index contributed by atoms with van der Waals surface area (Å²) in [5.41, 5.74) is 3.07. The third-order valence-corrected chi connectivity index (χ3v) is 6.07. The van der Waals surface area contributed by atoms with E-state index in [1.165, 1.54) is 31.4 Å². The number of fused-ring (bicyclic) bond motifs is 1.